The summed E-state index contributed by atoms with van der Waals surface area (Å²) in [6.07, 6.45) is -4.49. The summed E-state index contributed by atoms with van der Waals surface area (Å²) in [6.45, 7) is -0.439. The summed E-state index contributed by atoms with van der Waals surface area (Å²) in [6, 6.07) is -0.738. The van der Waals surface area contributed by atoms with Crippen molar-refractivity contribution >= 4 is 0 Å². The number of hydrogen-bond donors (Lipinski definition) is 5. The largest absolute Gasteiger partial charge is 0.394 e. The quantitative estimate of drug-likeness (QED) is 0.320. The molecule has 1 heterocycles. The second-order valence-electron chi connectivity index (χ2n) is 3.04. The van der Waals surface area contributed by atoms with Crippen LogP contribution in [-0.2, 0) is 4.74 Å². The Labute approximate surface area is 75.8 Å². The van der Waals surface area contributed by atoms with E-state index in [0.717, 1.165) is 0 Å². The van der Waals surface area contributed by atoms with E-state index in [4.69, 9.17) is 9.84 Å². The Bertz CT molecular complexity index is 167. The third-order valence-electron chi connectivity index (χ3n) is 2.23. The number of aliphatic hydroxyl groups excluding tert-OH is 4. The van der Waals surface area contributed by atoms with Crippen LogP contribution in [0.3, 0.4) is 0 Å². The van der Waals surface area contributed by atoms with Crippen LogP contribution in [0.5, 0.6) is 0 Å². The predicted molar refractivity (Wildman–Crippen MR) is 42.8 cm³/mol. The summed E-state index contributed by atoms with van der Waals surface area (Å²) in [5, 5.41) is 39.4. The highest BCUT2D eigenvalue weighted by atomic mass is 16.6. The van der Waals surface area contributed by atoms with E-state index in [-0.39, 0.29) is 0 Å². The summed E-state index contributed by atoms with van der Waals surface area (Å²) in [5.41, 5.74) is 0. The Kier molecular flexibility index (Phi) is 3.60. The van der Waals surface area contributed by atoms with Crippen LogP contribution in [0.4, 0.5) is 0 Å². The zero-order chi connectivity index (χ0) is 10.0. The van der Waals surface area contributed by atoms with Crippen molar-refractivity contribution in [2.75, 3.05) is 13.7 Å². The SMILES string of the molecule is CN[C@H]1C(O)OC(CO)[C@H](O)[C@@H]1O. The first kappa shape index (κ1) is 10.8. The monoisotopic (exact) mass is 193 g/mol. The van der Waals surface area contributed by atoms with Gasteiger partial charge in [0.1, 0.15) is 18.3 Å². The van der Waals surface area contributed by atoms with Gasteiger partial charge in [-0.3, -0.25) is 0 Å². The second-order valence-corrected chi connectivity index (χ2v) is 3.04. The van der Waals surface area contributed by atoms with Crippen molar-refractivity contribution in [2.24, 2.45) is 0 Å². The van der Waals surface area contributed by atoms with Crippen molar-refractivity contribution in [3.63, 3.8) is 0 Å². The van der Waals surface area contributed by atoms with Crippen LogP contribution in [0.1, 0.15) is 0 Å². The minimum atomic E-state index is -1.22. The number of rotatable bonds is 2. The number of aliphatic hydroxyl groups is 4. The summed E-state index contributed by atoms with van der Waals surface area (Å²) in [4.78, 5) is 0. The van der Waals surface area contributed by atoms with Gasteiger partial charge in [0.05, 0.1) is 12.6 Å². The van der Waals surface area contributed by atoms with Crippen molar-refractivity contribution in [1.29, 1.82) is 0 Å². The maximum atomic E-state index is 9.45. The average molecular weight is 193 g/mol. The molecule has 0 radical (unpaired) electrons. The first-order valence-corrected chi connectivity index (χ1v) is 4.09. The van der Waals surface area contributed by atoms with Crippen LogP contribution in [0, 0.1) is 0 Å². The van der Waals surface area contributed by atoms with Gasteiger partial charge >= 0.3 is 0 Å². The number of nitrogens with one attached hydrogen (secondary N) is 1. The van der Waals surface area contributed by atoms with Gasteiger partial charge in [0.25, 0.3) is 0 Å². The van der Waals surface area contributed by atoms with Gasteiger partial charge in [-0.25, -0.2) is 0 Å². The molecule has 0 aromatic heterocycles. The highest BCUT2D eigenvalue weighted by Gasteiger charge is 2.42. The van der Waals surface area contributed by atoms with E-state index >= 15 is 0 Å². The number of likely N-dealkylation sites (N-methyl/N-ethyl adjacent to an activating group) is 1. The van der Waals surface area contributed by atoms with E-state index in [1.54, 1.807) is 0 Å². The van der Waals surface area contributed by atoms with Crippen LogP contribution in [0.15, 0.2) is 0 Å². The number of ether oxygens (including phenoxy) is 1. The van der Waals surface area contributed by atoms with Gasteiger partial charge < -0.3 is 30.5 Å². The normalized spacial score (nSPS) is 46.4. The molecular formula is C7H15NO5. The fourth-order valence-electron chi connectivity index (χ4n) is 1.41. The van der Waals surface area contributed by atoms with E-state index in [2.05, 4.69) is 5.32 Å². The second kappa shape index (κ2) is 4.32. The number of hydrogen-bond acceptors (Lipinski definition) is 6. The molecule has 1 aliphatic heterocycles. The molecule has 1 fully saturated rings. The standard InChI is InChI=1S/C7H15NO5/c1-8-4-6(11)5(10)3(2-9)13-7(4)12/h3-12H,2H2,1H3/t3?,4-,5+,6-,7?/m1/s1. The molecule has 0 aromatic carbocycles. The van der Waals surface area contributed by atoms with Crippen LogP contribution in [-0.4, -0.2) is 64.7 Å². The molecule has 6 heteroatoms. The molecule has 1 aliphatic rings. The zero-order valence-corrected chi connectivity index (χ0v) is 7.29. The highest BCUT2D eigenvalue weighted by Crippen LogP contribution is 2.18. The van der Waals surface area contributed by atoms with E-state index < -0.39 is 37.3 Å². The Morgan fingerprint density at radius 2 is 1.85 bits per heavy atom. The minimum Gasteiger partial charge on any atom is -0.394 e. The van der Waals surface area contributed by atoms with Crippen molar-refractivity contribution in [3.8, 4) is 0 Å². The fourth-order valence-corrected chi connectivity index (χ4v) is 1.41. The smallest absolute Gasteiger partial charge is 0.173 e. The van der Waals surface area contributed by atoms with E-state index in [1.807, 2.05) is 0 Å². The highest BCUT2D eigenvalue weighted by molar-refractivity contribution is 4.91. The molecule has 1 rings (SSSR count). The molecule has 5 N–H and O–H groups in total. The summed E-state index contributed by atoms with van der Waals surface area (Å²) >= 11 is 0. The van der Waals surface area contributed by atoms with Crippen LogP contribution < -0.4 is 5.32 Å². The third-order valence-corrected chi connectivity index (χ3v) is 2.23. The van der Waals surface area contributed by atoms with Crippen molar-refractivity contribution in [2.45, 2.75) is 30.6 Å². The third kappa shape index (κ3) is 1.98. The topological polar surface area (TPSA) is 102 Å². The molecular weight excluding hydrogens is 178 g/mol. The van der Waals surface area contributed by atoms with Gasteiger partial charge in [0.15, 0.2) is 6.29 Å². The van der Waals surface area contributed by atoms with Gasteiger partial charge in [-0.2, -0.15) is 0 Å². The lowest BCUT2D eigenvalue weighted by molar-refractivity contribution is -0.253. The zero-order valence-electron chi connectivity index (χ0n) is 7.29. The minimum absolute atomic E-state index is 0.439. The first-order chi connectivity index (χ1) is 6.11. The molecule has 5 atom stereocenters. The van der Waals surface area contributed by atoms with Crippen LogP contribution in [0.25, 0.3) is 0 Å². The van der Waals surface area contributed by atoms with E-state index in [9.17, 15) is 15.3 Å². The lowest BCUT2D eigenvalue weighted by atomic mass is 9.97. The molecule has 0 bridgehead atoms. The fraction of sp³-hybridized carbons (Fsp3) is 1.00. The summed E-state index contributed by atoms with van der Waals surface area (Å²) in [5.74, 6) is 0. The molecule has 0 spiro atoms. The molecule has 6 nitrogen and oxygen atoms in total. The van der Waals surface area contributed by atoms with Crippen molar-refractivity contribution < 1.29 is 25.2 Å². The Balaban J connectivity index is 2.66. The van der Waals surface area contributed by atoms with E-state index in [0.29, 0.717) is 0 Å². The molecule has 0 amide bonds. The van der Waals surface area contributed by atoms with Gasteiger partial charge in [-0.15, -0.1) is 0 Å². The maximum Gasteiger partial charge on any atom is 0.173 e. The van der Waals surface area contributed by atoms with Gasteiger partial charge in [-0.1, -0.05) is 0 Å². The summed E-state index contributed by atoms with van der Waals surface area (Å²) in [7, 11) is 1.53. The Hall–Kier alpha value is -0.240. The molecule has 0 saturated carbocycles. The Morgan fingerprint density at radius 3 is 2.31 bits per heavy atom. The van der Waals surface area contributed by atoms with Crippen molar-refractivity contribution in [1.82, 2.24) is 5.32 Å². The molecule has 1 saturated heterocycles. The molecule has 78 valence electrons. The molecule has 13 heavy (non-hydrogen) atoms. The first-order valence-electron chi connectivity index (χ1n) is 4.09. The molecule has 2 unspecified atom stereocenters. The van der Waals surface area contributed by atoms with Gasteiger partial charge in [0, 0.05) is 0 Å². The maximum absolute atomic E-state index is 9.45. The summed E-state index contributed by atoms with van der Waals surface area (Å²) < 4.78 is 4.85. The molecule has 0 aliphatic carbocycles. The van der Waals surface area contributed by atoms with Gasteiger partial charge in [-0.05, 0) is 7.05 Å². The van der Waals surface area contributed by atoms with Crippen molar-refractivity contribution in [3.05, 3.63) is 0 Å². The van der Waals surface area contributed by atoms with Crippen LogP contribution >= 0.6 is 0 Å². The average Bonchev–Trinajstić information content (AvgIpc) is 2.12. The Morgan fingerprint density at radius 1 is 1.23 bits per heavy atom. The molecule has 0 aromatic rings. The van der Waals surface area contributed by atoms with E-state index in [1.165, 1.54) is 7.05 Å². The lowest BCUT2D eigenvalue weighted by Crippen LogP contribution is -2.62. The predicted octanol–water partition coefficient (Wildman–Crippen LogP) is -2.99. The van der Waals surface area contributed by atoms with Crippen LogP contribution in [0.2, 0.25) is 0 Å². The van der Waals surface area contributed by atoms with Gasteiger partial charge in [0.2, 0.25) is 0 Å². The lowest BCUT2D eigenvalue weighted by Gasteiger charge is -2.39.